The third-order valence-electron chi connectivity index (χ3n) is 4.87. The van der Waals surface area contributed by atoms with Crippen molar-refractivity contribution in [3.8, 4) is 10.4 Å². The van der Waals surface area contributed by atoms with Crippen molar-refractivity contribution in [2.24, 2.45) is 5.92 Å². The van der Waals surface area contributed by atoms with Crippen LogP contribution in [0.2, 0.25) is 0 Å². The monoisotopic (exact) mass is 352 g/mol. The number of piperidine rings is 1. The van der Waals surface area contributed by atoms with Crippen molar-refractivity contribution in [1.82, 2.24) is 19.9 Å². The van der Waals surface area contributed by atoms with Crippen molar-refractivity contribution in [2.45, 2.75) is 19.3 Å². The Hall–Kier alpha value is -2.18. The van der Waals surface area contributed by atoms with Gasteiger partial charge in [-0.15, -0.1) is 11.3 Å². The van der Waals surface area contributed by atoms with E-state index in [0.29, 0.717) is 12.2 Å². The molecule has 4 rings (SSSR count). The molecule has 1 aliphatic rings. The van der Waals surface area contributed by atoms with Gasteiger partial charge in [-0.1, -0.05) is 0 Å². The van der Waals surface area contributed by atoms with Crippen LogP contribution < -0.4 is 0 Å². The number of Topliss-reactive ketones (excluding diaryl/α,β-unsaturated/α-hetero) is 1. The van der Waals surface area contributed by atoms with Gasteiger partial charge in [0.05, 0.1) is 22.1 Å². The maximum atomic E-state index is 12.6. The average Bonchev–Trinajstić information content (AvgIpc) is 3.16. The predicted molar refractivity (Wildman–Crippen MR) is 99.6 cm³/mol. The normalized spacial score (nSPS) is 16.4. The molecule has 0 spiro atoms. The summed E-state index contributed by atoms with van der Waals surface area (Å²) < 4.78 is 0. The van der Waals surface area contributed by atoms with Gasteiger partial charge in [0.15, 0.2) is 0 Å². The smallest absolute Gasteiger partial charge is 0.142 e. The Balaban J connectivity index is 1.54. The largest absolute Gasteiger partial charge is 0.306 e. The van der Waals surface area contributed by atoms with Crippen LogP contribution in [0, 0.1) is 5.92 Å². The number of pyridine rings is 2. The summed E-state index contributed by atoms with van der Waals surface area (Å²) in [5, 5.41) is 1.02. The van der Waals surface area contributed by atoms with Crippen molar-refractivity contribution in [3.05, 3.63) is 41.9 Å². The molecule has 1 fully saturated rings. The van der Waals surface area contributed by atoms with Crippen LogP contribution in [0.3, 0.4) is 0 Å². The number of nitrogens with zero attached hydrogens (tertiary/aromatic N) is 4. The van der Waals surface area contributed by atoms with Crippen LogP contribution in [0.25, 0.3) is 21.3 Å². The van der Waals surface area contributed by atoms with Crippen LogP contribution in [0.1, 0.15) is 18.5 Å². The fourth-order valence-corrected chi connectivity index (χ4v) is 3.92. The van der Waals surface area contributed by atoms with E-state index in [-0.39, 0.29) is 5.92 Å². The lowest BCUT2D eigenvalue weighted by Gasteiger charge is -2.27. The Bertz CT molecular complexity index is 886. The molecule has 0 N–H and O–H groups in total. The van der Waals surface area contributed by atoms with Crippen molar-refractivity contribution in [2.75, 3.05) is 20.1 Å². The van der Waals surface area contributed by atoms with Crippen LogP contribution in [0.5, 0.6) is 0 Å². The quantitative estimate of drug-likeness (QED) is 0.722. The lowest BCUT2D eigenvalue weighted by atomic mass is 9.90. The highest BCUT2D eigenvalue weighted by Crippen LogP contribution is 2.26. The molecular formula is C19H20N4OS. The fourth-order valence-electron chi connectivity index (χ4n) is 3.32. The molecule has 0 aliphatic carbocycles. The number of likely N-dealkylation sites (tertiary alicyclic amines) is 1. The number of fused-ring (bicyclic) bond motifs is 1. The predicted octanol–water partition coefficient (Wildman–Crippen LogP) is 3.21. The van der Waals surface area contributed by atoms with Crippen LogP contribution in [-0.4, -0.2) is 45.8 Å². The SMILES string of the molecule is CN1CCC(C(=O)Cc2cc3cc(-c4cncs4)cnc3cn2)CC1. The van der Waals surface area contributed by atoms with Gasteiger partial charge in [0.25, 0.3) is 0 Å². The molecule has 3 aromatic heterocycles. The van der Waals surface area contributed by atoms with E-state index in [0.717, 1.165) is 53.0 Å². The van der Waals surface area contributed by atoms with E-state index in [1.807, 2.05) is 24.0 Å². The summed E-state index contributed by atoms with van der Waals surface area (Å²) in [6, 6.07) is 4.10. The van der Waals surface area contributed by atoms with E-state index in [4.69, 9.17) is 0 Å². The first-order valence-electron chi connectivity index (χ1n) is 8.54. The molecule has 0 bridgehead atoms. The Labute approximate surface area is 150 Å². The number of carbonyl (C=O) groups is 1. The Morgan fingerprint density at radius 2 is 2.04 bits per heavy atom. The molecule has 5 nitrogen and oxygen atoms in total. The molecule has 0 saturated carbocycles. The third-order valence-corrected chi connectivity index (χ3v) is 5.69. The van der Waals surface area contributed by atoms with Gasteiger partial charge < -0.3 is 4.90 Å². The van der Waals surface area contributed by atoms with Crippen LogP contribution in [0.4, 0.5) is 0 Å². The molecule has 4 heterocycles. The minimum Gasteiger partial charge on any atom is -0.306 e. The van der Waals surface area contributed by atoms with E-state index in [1.54, 1.807) is 17.5 Å². The summed E-state index contributed by atoms with van der Waals surface area (Å²) in [6.45, 7) is 2.01. The summed E-state index contributed by atoms with van der Waals surface area (Å²) >= 11 is 1.59. The first kappa shape index (κ1) is 16.3. The lowest BCUT2D eigenvalue weighted by Crippen LogP contribution is -2.34. The molecule has 128 valence electrons. The second-order valence-corrected chi connectivity index (χ2v) is 7.57. The molecule has 0 radical (unpaired) electrons. The molecule has 0 amide bonds. The maximum Gasteiger partial charge on any atom is 0.142 e. The topological polar surface area (TPSA) is 59.0 Å². The molecule has 3 aromatic rings. The van der Waals surface area contributed by atoms with Crippen molar-refractivity contribution >= 4 is 28.0 Å². The number of hydrogen-bond acceptors (Lipinski definition) is 6. The van der Waals surface area contributed by atoms with Gasteiger partial charge in [0, 0.05) is 41.4 Å². The van der Waals surface area contributed by atoms with E-state index in [2.05, 4.69) is 33.0 Å². The van der Waals surface area contributed by atoms with Crippen molar-refractivity contribution in [1.29, 1.82) is 0 Å². The first-order valence-corrected chi connectivity index (χ1v) is 9.42. The number of aromatic nitrogens is 3. The van der Waals surface area contributed by atoms with E-state index >= 15 is 0 Å². The average molecular weight is 352 g/mol. The zero-order valence-corrected chi connectivity index (χ0v) is 15.0. The van der Waals surface area contributed by atoms with E-state index in [1.165, 1.54) is 0 Å². The van der Waals surface area contributed by atoms with Crippen molar-refractivity contribution < 1.29 is 4.79 Å². The molecule has 1 saturated heterocycles. The van der Waals surface area contributed by atoms with Crippen LogP contribution in [-0.2, 0) is 11.2 Å². The summed E-state index contributed by atoms with van der Waals surface area (Å²) in [6.07, 6.45) is 7.79. The Morgan fingerprint density at radius 3 is 2.80 bits per heavy atom. The van der Waals surface area contributed by atoms with Gasteiger partial charge in [-0.3, -0.25) is 19.7 Å². The van der Waals surface area contributed by atoms with Gasteiger partial charge in [-0.25, -0.2) is 0 Å². The highest BCUT2D eigenvalue weighted by molar-refractivity contribution is 7.13. The molecule has 6 heteroatoms. The van der Waals surface area contributed by atoms with Gasteiger partial charge in [0.2, 0.25) is 0 Å². The van der Waals surface area contributed by atoms with Gasteiger partial charge in [-0.05, 0) is 45.1 Å². The summed E-state index contributed by atoms with van der Waals surface area (Å²) in [4.78, 5) is 29.0. The summed E-state index contributed by atoms with van der Waals surface area (Å²) in [7, 11) is 2.11. The Kier molecular flexibility index (Phi) is 4.55. The minimum atomic E-state index is 0.176. The highest BCUT2D eigenvalue weighted by atomic mass is 32.1. The van der Waals surface area contributed by atoms with Crippen molar-refractivity contribution in [3.63, 3.8) is 0 Å². The van der Waals surface area contributed by atoms with Gasteiger partial charge in [-0.2, -0.15) is 0 Å². The van der Waals surface area contributed by atoms with Gasteiger partial charge >= 0.3 is 0 Å². The number of ketones is 1. The number of hydrogen-bond donors (Lipinski definition) is 0. The number of rotatable bonds is 4. The second kappa shape index (κ2) is 6.98. The standard InChI is InChI=1S/C19H20N4OS/c1-23-4-2-13(3-5-23)18(24)8-16-7-14-6-15(19-11-20-12-25-19)9-22-17(14)10-21-16/h6-7,9-13H,2-5,8H2,1H3. The molecule has 0 unspecified atom stereocenters. The third kappa shape index (κ3) is 3.60. The highest BCUT2D eigenvalue weighted by Gasteiger charge is 2.23. The molecule has 0 aromatic carbocycles. The molecular weight excluding hydrogens is 332 g/mol. The fraction of sp³-hybridized carbons (Fsp3) is 0.368. The minimum absolute atomic E-state index is 0.176. The molecule has 1 aliphatic heterocycles. The number of carbonyl (C=O) groups excluding carboxylic acids is 1. The van der Waals surface area contributed by atoms with E-state index in [9.17, 15) is 4.79 Å². The molecule has 25 heavy (non-hydrogen) atoms. The lowest BCUT2D eigenvalue weighted by molar-refractivity contribution is -0.123. The van der Waals surface area contributed by atoms with Gasteiger partial charge in [0.1, 0.15) is 5.78 Å². The Morgan fingerprint density at radius 1 is 1.20 bits per heavy atom. The second-order valence-electron chi connectivity index (χ2n) is 6.68. The first-order chi connectivity index (χ1) is 12.2. The van der Waals surface area contributed by atoms with Crippen LogP contribution >= 0.6 is 11.3 Å². The zero-order valence-electron chi connectivity index (χ0n) is 14.2. The number of thiazole rings is 1. The van der Waals surface area contributed by atoms with E-state index < -0.39 is 0 Å². The molecule has 0 atom stereocenters. The summed E-state index contributed by atoms with van der Waals surface area (Å²) in [5.74, 6) is 0.488. The zero-order chi connectivity index (χ0) is 17.2. The summed E-state index contributed by atoms with van der Waals surface area (Å²) in [5.41, 5.74) is 4.55. The van der Waals surface area contributed by atoms with Crippen LogP contribution in [0.15, 0.2) is 36.2 Å². The maximum absolute atomic E-state index is 12.6.